The molecular formula is C20H24N2O7S2. The van der Waals surface area contributed by atoms with E-state index in [0.717, 1.165) is 12.8 Å². The van der Waals surface area contributed by atoms with Crippen LogP contribution in [0, 0.1) is 6.92 Å². The Balaban J connectivity index is 1.57. The predicted octanol–water partition coefficient (Wildman–Crippen LogP) is 1.57. The minimum atomic E-state index is -3.68. The van der Waals surface area contributed by atoms with Crippen LogP contribution in [0.15, 0.2) is 34.2 Å². The third-order valence-electron chi connectivity index (χ3n) is 4.75. The Morgan fingerprint density at radius 1 is 1.32 bits per heavy atom. The third-order valence-corrected chi connectivity index (χ3v) is 7.29. The number of esters is 2. The topological polar surface area (TPSA) is 119 Å². The largest absolute Gasteiger partial charge is 0.466 e. The van der Waals surface area contributed by atoms with Crippen molar-refractivity contribution in [2.75, 3.05) is 26.0 Å². The van der Waals surface area contributed by atoms with Crippen LogP contribution in [-0.2, 0) is 29.1 Å². The molecule has 1 aliphatic carbocycles. The van der Waals surface area contributed by atoms with E-state index < -0.39 is 22.0 Å². The lowest BCUT2D eigenvalue weighted by Crippen LogP contribution is -2.27. The molecule has 0 unspecified atom stereocenters. The number of nitrogens with zero attached hydrogens (tertiary/aromatic N) is 1. The van der Waals surface area contributed by atoms with Crippen LogP contribution >= 0.6 is 11.8 Å². The molecule has 1 aromatic rings. The molecule has 168 valence electrons. The molecule has 0 bridgehead atoms. The molecule has 2 fully saturated rings. The van der Waals surface area contributed by atoms with Gasteiger partial charge in [-0.2, -0.15) is 0 Å². The summed E-state index contributed by atoms with van der Waals surface area (Å²) in [5.41, 5.74) is 0.780. The lowest BCUT2D eigenvalue weighted by Gasteiger charge is -2.17. The summed E-state index contributed by atoms with van der Waals surface area (Å²) in [6.45, 7) is 2.02. The summed E-state index contributed by atoms with van der Waals surface area (Å²) < 4.78 is 37.3. The van der Waals surface area contributed by atoms with Crippen molar-refractivity contribution < 1.29 is 32.3 Å². The summed E-state index contributed by atoms with van der Waals surface area (Å²) >= 11 is 1.24. The minimum absolute atomic E-state index is 0.0224. The van der Waals surface area contributed by atoms with Gasteiger partial charge in [0, 0.05) is 12.6 Å². The molecule has 11 heteroatoms. The van der Waals surface area contributed by atoms with E-state index in [4.69, 9.17) is 4.74 Å². The summed E-state index contributed by atoms with van der Waals surface area (Å²) in [6.07, 6.45) is 3.24. The number of rotatable bonds is 9. The van der Waals surface area contributed by atoms with Crippen LogP contribution in [0.1, 0.15) is 35.2 Å². The smallest absolute Gasteiger partial charge is 0.338 e. The number of hydrogen-bond donors (Lipinski definition) is 1. The highest BCUT2D eigenvalue weighted by atomic mass is 32.2. The zero-order valence-electron chi connectivity index (χ0n) is 17.3. The van der Waals surface area contributed by atoms with Gasteiger partial charge >= 0.3 is 11.9 Å². The molecule has 1 saturated heterocycles. The summed E-state index contributed by atoms with van der Waals surface area (Å²) in [7, 11) is -2.42. The van der Waals surface area contributed by atoms with E-state index >= 15 is 0 Å². The van der Waals surface area contributed by atoms with E-state index in [2.05, 4.69) is 9.46 Å². The summed E-state index contributed by atoms with van der Waals surface area (Å²) in [6, 6.07) is 4.32. The number of carbonyl (C=O) groups is 3. The lowest BCUT2D eigenvalue weighted by atomic mass is 10.1. The van der Waals surface area contributed by atoms with Gasteiger partial charge in [-0.25, -0.2) is 22.7 Å². The van der Waals surface area contributed by atoms with Crippen LogP contribution < -0.4 is 4.72 Å². The molecule has 2 aliphatic rings. The first-order valence-electron chi connectivity index (χ1n) is 9.74. The van der Waals surface area contributed by atoms with Crippen LogP contribution in [0.3, 0.4) is 0 Å². The van der Waals surface area contributed by atoms with Crippen molar-refractivity contribution in [3.8, 4) is 0 Å². The quantitative estimate of drug-likeness (QED) is 0.330. The van der Waals surface area contributed by atoms with Crippen molar-refractivity contribution in [1.29, 1.82) is 0 Å². The Kier molecular flexibility index (Phi) is 7.39. The van der Waals surface area contributed by atoms with Crippen molar-refractivity contribution in [2.45, 2.75) is 37.1 Å². The summed E-state index contributed by atoms with van der Waals surface area (Å²) in [4.78, 5) is 37.4. The van der Waals surface area contributed by atoms with Gasteiger partial charge in [-0.15, -0.1) is 0 Å². The Morgan fingerprint density at radius 2 is 2.06 bits per heavy atom. The fourth-order valence-corrected chi connectivity index (χ4v) is 5.16. The normalized spacial score (nSPS) is 17.8. The fourth-order valence-electron chi connectivity index (χ4n) is 2.87. The fraction of sp³-hybridized carbons (Fsp3) is 0.450. The van der Waals surface area contributed by atoms with Crippen LogP contribution in [0.4, 0.5) is 0 Å². The van der Waals surface area contributed by atoms with Gasteiger partial charge in [0.05, 0.1) is 41.0 Å². The molecule has 0 spiro atoms. The Labute approximate surface area is 185 Å². The highest BCUT2D eigenvalue weighted by Gasteiger charge is 2.29. The van der Waals surface area contributed by atoms with Gasteiger partial charge in [-0.3, -0.25) is 4.79 Å². The maximum Gasteiger partial charge on any atom is 0.338 e. The number of carbonyl (C=O) groups excluding carboxylic acids is 3. The number of methoxy groups -OCH3 is 1. The minimum Gasteiger partial charge on any atom is -0.466 e. The first-order valence-corrected chi connectivity index (χ1v) is 12.2. The van der Waals surface area contributed by atoms with Crippen molar-refractivity contribution in [1.82, 2.24) is 9.62 Å². The first-order chi connectivity index (χ1) is 14.7. The lowest BCUT2D eigenvalue weighted by molar-refractivity contribution is -0.134. The monoisotopic (exact) mass is 468 g/mol. The van der Waals surface area contributed by atoms with E-state index in [1.807, 2.05) is 0 Å². The van der Waals surface area contributed by atoms with Crippen molar-refractivity contribution in [3.63, 3.8) is 0 Å². The molecule has 1 aromatic carbocycles. The van der Waals surface area contributed by atoms with E-state index in [9.17, 15) is 22.8 Å². The molecule has 3 rings (SSSR count). The van der Waals surface area contributed by atoms with Gasteiger partial charge in [0.2, 0.25) is 15.9 Å². The Hall–Kier alpha value is -2.37. The van der Waals surface area contributed by atoms with Crippen LogP contribution in [0.5, 0.6) is 0 Å². The number of ether oxygens (including phenoxy) is 2. The van der Waals surface area contributed by atoms with Crippen LogP contribution in [0.25, 0.3) is 0 Å². The van der Waals surface area contributed by atoms with Crippen molar-refractivity contribution in [3.05, 3.63) is 40.4 Å². The molecule has 1 amide bonds. The molecule has 1 saturated carbocycles. The first kappa shape index (κ1) is 23.3. The second-order valence-corrected chi connectivity index (χ2v) is 9.91. The van der Waals surface area contributed by atoms with Crippen LogP contribution in [-0.4, -0.2) is 63.2 Å². The zero-order chi connectivity index (χ0) is 22.6. The number of amides is 1. The van der Waals surface area contributed by atoms with Gasteiger partial charge in [-0.1, -0.05) is 17.8 Å². The van der Waals surface area contributed by atoms with E-state index in [1.165, 1.54) is 42.0 Å². The van der Waals surface area contributed by atoms with Crippen molar-refractivity contribution >= 4 is 39.6 Å². The van der Waals surface area contributed by atoms with E-state index in [-0.39, 0.29) is 41.3 Å². The number of nitrogens with one attached hydrogen (secondary N) is 1. The average Bonchev–Trinajstić information content (AvgIpc) is 3.47. The van der Waals surface area contributed by atoms with Gasteiger partial charge < -0.3 is 14.4 Å². The van der Waals surface area contributed by atoms with E-state index in [0.29, 0.717) is 17.0 Å². The third kappa shape index (κ3) is 6.08. The van der Waals surface area contributed by atoms with E-state index in [1.54, 1.807) is 13.0 Å². The Morgan fingerprint density at radius 3 is 2.74 bits per heavy atom. The predicted molar refractivity (Wildman–Crippen MR) is 114 cm³/mol. The van der Waals surface area contributed by atoms with Gasteiger partial charge in [-0.05, 0) is 43.9 Å². The number of sulfonamides is 1. The van der Waals surface area contributed by atoms with Crippen molar-refractivity contribution in [2.24, 2.45) is 0 Å². The zero-order valence-corrected chi connectivity index (χ0v) is 18.9. The second kappa shape index (κ2) is 9.84. The SMILES string of the molecule is COC(=O)/C=C1/SCC(=O)N1CCCOC(=O)c1cc(S(=O)(=O)NC2CC2)ccc1C. The average molecular weight is 469 g/mol. The van der Waals surface area contributed by atoms with Gasteiger partial charge in [0.15, 0.2) is 0 Å². The number of hydrogen-bond acceptors (Lipinski definition) is 8. The van der Waals surface area contributed by atoms with Crippen LogP contribution in [0.2, 0.25) is 0 Å². The maximum absolute atomic E-state index is 12.5. The summed E-state index contributed by atoms with van der Waals surface area (Å²) in [5.74, 6) is -1.08. The maximum atomic E-state index is 12.5. The highest BCUT2D eigenvalue weighted by molar-refractivity contribution is 8.04. The van der Waals surface area contributed by atoms with Gasteiger partial charge in [0.1, 0.15) is 0 Å². The molecular weight excluding hydrogens is 444 g/mol. The second-order valence-electron chi connectivity index (χ2n) is 7.20. The molecule has 9 nitrogen and oxygen atoms in total. The highest BCUT2D eigenvalue weighted by Crippen LogP contribution is 2.29. The molecule has 0 radical (unpaired) electrons. The summed E-state index contributed by atoms with van der Waals surface area (Å²) in [5, 5.41) is 0.500. The molecule has 1 aliphatic heterocycles. The molecule has 1 heterocycles. The van der Waals surface area contributed by atoms with Gasteiger partial charge in [0.25, 0.3) is 0 Å². The number of benzene rings is 1. The number of thioether (sulfide) groups is 1. The molecule has 1 N–H and O–H groups in total. The number of aryl methyl sites for hydroxylation is 1. The standard InChI is InChI=1S/C20H24N2O7S2/c1-13-4-7-15(31(26,27)21-14-5-6-14)10-16(13)20(25)29-9-3-8-22-17(23)12-30-18(22)11-19(24)28-2/h4,7,10-11,14,21H,3,5-6,8-9,12H2,1-2H3/b18-11+. The molecule has 0 aromatic heterocycles. The Bertz CT molecular complexity index is 1020. The molecule has 0 atom stereocenters. The molecule has 31 heavy (non-hydrogen) atoms.